The lowest BCUT2D eigenvalue weighted by Gasteiger charge is -2.31. The van der Waals surface area contributed by atoms with Gasteiger partial charge in [0.2, 0.25) is 5.91 Å². The first-order valence-corrected chi connectivity index (χ1v) is 5.23. The van der Waals surface area contributed by atoms with Gasteiger partial charge in [-0.05, 0) is 19.4 Å². The lowest BCUT2D eigenvalue weighted by molar-refractivity contribution is -0.138. The number of nitrogens with zero attached hydrogens (tertiary/aromatic N) is 1. The van der Waals surface area contributed by atoms with E-state index in [1.54, 1.807) is 0 Å². The van der Waals surface area contributed by atoms with E-state index in [1.165, 1.54) is 0 Å². The Labute approximate surface area is 85.4 Å². The predicted octanol–water partition coefficient (Wildman–Crippen LogP) is 0.219. The van der Waals surface area contributed by atoms with E-state index in [9.17, 15) is 4.79 Å². The average Bonchev–Trinajstić information content (AvgIpc) is 2.17. The minimum Gasteiger partial charge on any atom is -0.375 e. The minimum absolute atomic E-state index is 0.167. The fourth-order valence-electron chi connectivity index (χ4n) is 1.56. The van der Waals surface area contributed by atoms with E-state index in [0.717, 1.165) is 13.1 Å². The van der Waals surface area contributed by atoms with E-state index in [4.69, 9.17) is 10.5 Å². The van der Waals surface area contributed by atoms with Crippen molar-refractivity contribution in [2.45, 2.75) is 26.4 Å². The molecule has 1 amide bonds. The van der Waals surface area contributed by atoms with E-state index >= 15 is 0 Å². The van der Waals surface area contributed by atoms with Crippen LogP contribution < -0.4 is 5.73 Å². The Morgan fingerprint density at radius 3 is 3.00 bits per heavy atom. The molecular weight excluding hydrogens is 180 g/mol. The van der Waals surface area contributed by atoms with Gasteiger partial charge in [0.15, 0.2) is 0 Å². The summed E-state index contributed by atoms with van der Waals surface area (Å²) in [5, 5.41) is 0. The molecule has 2 unspecified atom stereocenters. The Balaban J connectivity index is 2.36. The summed E-state index contributed by atoms with van der Waals surface area (Å²) < 4.78 is 5.37. The molecule has 2 atom stereocenters. The molecule has 1 aliphatic rings. The second-order valence-electron chi connectivity index (χ2n) is 4.07. The molecule has 0 bridgehead atoms. The maximum absolute atomic E-state index is 11.7. The molecule has 0 aromatic carbocycles. The van der Waals surface area contributed by atoms with Crippen LogP contribution in [0.25, 0.3) is 0 Å². The third-order valence-electron chi connectivity index (χ3n) is 2.52. The molecule has 1 heterocycles. The van der Waals surface area contributed by atoms with Gasteiger partial charge in [-0.3, -0.25) is 4.79 Å². The van der Waals surface area contributed by atoms with Crippen LogP contribution in [-0.4, -0.2) is 43.2 Å². The number of hydrogen-bond donors (Lipinski definition) is 1. The molecule has 0 saturated carbocycles. The van der Waals surface area contributed by atoms with Crippen molar-refractivity contribution in [3.8, 4) is 0 Å². The molecule has 0 aromatic rings. The molecule has 0 aromatic heterocycles. The normalized spacial score (nSPS) is 24.8. The van der Waals surface area contributed by atoms with Gasteiger partial charge >= 0.3 is 0 Å². The van der Waals surface area contributed by atoms with Gasteiger partial charge in [-0.15, -0.1) is 0 Å². The van der Waals surface area contributed by atoms with Crippen LogP contribution in [0.5, 0.6) is 0 Å². The molecule has 4 nitrogen and oxygen atoms in total. The summed E-state index contributed by atoms with van der Waals surface area (Å²) in [7, 11) is 0. The standard InChI is InChI=1S/C10H20N2O2/c1-8(6-11)5-10(13)12-3-4-14-9(2)7-12/h8-9H,3-7,11H2,1-2H3. The summed E-state index contributed by atoms with van der Waals surface area (Å²) >= 11 is 0. The number of nitrogens with two attached hydrogens (primary N) is 1. The summed E-state index contributed by atoms with van der Waals surface area (Å²) in [6, 6.07) is 0. The minimum atomic E-state index is 0.167. The summed E-state index contributed by atoms with van der Waals surface area (Å²) in [6.45, 7) is 6.67. The smallest absolute Gasteiger partial charge is 0.223 e. The monoisotopic (exact) mass is 200 g/mol. The SMILES string of the molecule is CC(CN)CC(=O)N1CCOC(C)C1. The van der Waals surface area contributed by atoms with Gasteiger partial charge < -0.3 is 15.4 Å². The number of rotatable bonds is 3. The zero-order chi connectivity index (χ0) is 10.6. The van der Waals surface area contributed by atoms with Crippen LogP contribution in [0.2, 0.25) is 0 Å². The van der Waals surface area contributed by atoms with Crippen molar-refractivity contribution >= 4 is 5.91 Å². The number of carbonyl (C=O) groups is 1. The van der Waals surface area contributed by atoms with Crippen LogP contribution in [0.1, 0.15) is 20.3 Å². The van der Waals surface area contributed by atoms with Crippen molar-refractivity contribution in [3.05, 3.63) is 0 Å². The van der Waals surface area contributed by atoms with Crippen molar-refractivity contribution in [3.63, 3.8) is 0 Å². The lowest BCUT2D eigenvalue weighted by Crippen LogP contribution is -2.45. The van der Waals surface area contributed by atoms with Gasteiger partial charge in [-0.2, -0.15) is 0 Å². The second-order valence-corrected chi connectivity index (χ2v) is 4.07. The Morgan fingerprint density at radius 1 is 1.71 bits per heavy atom. The van der Waals surface area contributed by atoms with Crippen molar-refractivity contribution in [1.29, 1.82) is 0 Å². The van der Waals surface area contributed by atoms with Crippen molar-refractivity contribution < 1.29 is 9.53 Å². The first-order chi connectivity index (χ1) is 6.63. The molecule has 0 radical (unpaired) electrons. The third kappa shape index (κ3) is 3.27. The van der Waals surface area contributed by atoms with Crippen LogP contribution in [0, 0.1) is 5.92 Å². The summed E-state index contributed by atoms with van der Waals surface area (Å²) in [5.74, 6) is 0.485. The van der Waals surface area contributed by atoms with Crippen LogP contribution in [0.4, 0.5) is 0 Å². The van der Waals surface area contributed by atoms with Crippen molar-refractivity contribution in [2.24, 2.45) is 11.7 Å². The molecule has 0 spiro atoms. The molecule has 82 valence electrons. The van der Waals surface area contributed by atoms with E-state index in [0.29, 0.717) is 19.6 Å². The van der Waals surface area contributed by atoms with Gasteiger partial charge in [-0.25, -0.2) is 0 Å². The molecular formula is C10H20N2O2. The molecule has 4 heteroatoms. The fraction of sp³-hybridized carbons (Fsp3) is 0.900. The van der Waals surface area contributed by atoms with Gasteiger partial charge in [0.1, 0.15) is 0 Å². The number of carbonyl (C=O) groups excluding carboxylic acids is 1. The third-order valence-corrected chi connectivity index (χ3v) is 2.52. The van der Waals surface area contributed by atoms with E-state index in [1.807, 2.05) is 18.7 Å². The van der Waals surface area contributed by atoms with Gasteiger partial charge in [0.25, 0.3) is 0 Å². The number of ether oxygens (including phenoxy) is 1. The van der Waals surface area contributed by atoms with E-state index in [2.05, 4.69) is 0 Å². The van der Waals surface area contributed by atoms with E-state index < -0.39 is 0 Å². The molecule has 1 rings (SSSR count). The Morgan fingerprint density at radius 2 is 2.43 bits per heavy atom. The van der Waals surface area contributed by atoms with Gasteiger partial charge in [0, 0.05) is 19.5 Å². The first kappa shape index (κ1) is 11.5. The van der Waals surface area contributed by atoms with Gasteiger partial charge in [0.05, 0.1) is 12.7 Å². The fourth-order valence-corrected chi connectivity index (χ4v) is 1.56. The molecule has 1 aliphatic heterocycles. The second kappa shape index (κ2) is 5.32. The Hall–Kier alpha value is -0.610. The number of morpholine rings is 1. The van der Waals surface area contributed by atoms with Crippen LogP contribution >= 0.6 is 0 Å². The van der Waals surface area contributed by atoms with Gasteiger partial charge in [-0.1, -0.05) is 6.92 Å². The number of hydrogen-bond acceptors (Lipinski definition) is 3. The summed E-state index contributed by atoms with van der Waals surface area (Å²) in [6.07, 6.45) is 0.726. The molecule has 1 saturated heterocycles. The zero-order valence-corrected chi connectivity index (χ0v) is 9.03. The van der Waals surface area contributed by atoms with Crippen LogP contribution in [0.15, 0.2) is 0 Å². The Kier molecular flexibility index (Phi) is 4.35. The maximum atomic E-state index is 11.7. The summed E-state index contributed by atoms with van der Waals surface area (Å²) in [5.41, 5.74) is 5.48. The highest BCUT2D eigenvalue weighted by Gasteiger charge is 2.21. The first-order valence-electron chi connectivity index (χ1n) is 5.23. The van der Waals surface area contributed by atoms with Crippen molar-refractivity contribution in [1.82, 2.24) is 4.90 Å². The quantitative estimate of drug-likeness (QED) is 0.709. The molecule has 1 fully saturated rings. The molecule has 14 heavy (non-hydrogen) atoms. The highest BCUT2D eigenvalue weighted by molar-refractivity contribution is 5.76. The molecule has 0 aliphatic carbocycles. The van der Waals surface area contributed by atoms with Crippen molar-refractivity contribution in [2.75, 3.05) is 26.2 Å². The molecule has 2 N–H and O–H groups in total. The largest absolute Gasteiger partial charge is 0.375 e. The summed E-state index contributed by atoms with van der Waals surface area (Å²) in [4.78, 5) is 13.6. The van der Waals surface area contributed by atoms with E-state index in [-0.39, 0.29) is 17.9 Å². The maximum Gasteiger partial charge on any atom is 0.223 e. The predicted molar refractivity (Wildman–Crippen MR) is 54.8 cm³/mol. The lowest BCUT2D eigenvalue weighted by atomic mass is 10.1. The highest BCUT2D eigenvalue weighted by Crippen LogP contribution is 2.09. The highest BCUT2D eigenvalue weighted by atomic mass is 16.5. The average molecular weight is 200 g/mol. The topological polar surface area (TPSA) is 55.6 Å². The number of amides is 1. The van der Waals surface area contributed by atoms with Crippen LogP contribution in [0.3, 0.4) is 0 Å². The van der Waals surface area contributed by atoms with Crippen LogP contribution in [-0.2, 0) is 9.53 Å². The zero-order valence-electron chi connectivity index (χ0n) is 9.03. The Bertz CT molecular complexity index is 197.